The Bertz CT molecular complexity index is 458. The second kappa shape index (κ2) is 5.61. The van der Waals surface area contributed by atoms with Crippen LogP contribution in [0.15, 0.2) is 0 Å². The second-order valence-corrected chi connectivity index (χ2v) is 5.80. The molecule has 2 fully saturated rings. The molecule has 0 aromatic heterocycles. The molecule has 3 unspecified atom stereocenters. The average molecular weight is 300 g/mol. The molecule has 2 rings (SSSR count). The lowest BCUT2D eigenvalue weighted by Gasteiger charge is -2.42. The van der Waals surface area contributed by atoms with Crippen LogP contribution < -0.4 is 5.32 Å². The van der Waals surface area contributed by atoms with Crippen molar-refractivity contribution in [1.29, 1.82) is 0 Å². The van der Waals surface area contributed by atoms with E-state index in [4.69, 9.17) is 0 Å². The standard InChI is InChI=1S/C14H21FN2O4/c1-4-21-11(18)10(15)17-12(19)14(16-13(17)20)8(2)6-5-7-9(14)3/h8-10H,4-7H2,1-3H3,(H,16,20). The monoisotopic (exact) mass is 300 g/mol. The third-order valence-corrected chi connectivity index (χ3v) is 4.64. The number of carbonyl (C=O) groups excluding carboxylic acids is 3. The first-order chi connectivity index (χ1) is 9.86. The largest absolute Gasteiger partial charge is 0.462 e. The van der Waals surface area contributed by atoms with Crippen molar-refractivity contribution < 1.29 is 23.5 Å². The summed E-state index contributed by atoms with van der Waals surface area (Å²) >= 11 is 0. The normalized spacial score (nSPS) is 34.0. The number of amides is 3. The third-order valence-electron chi connectivity index (χ3n) is 4.64. The first kappa shape index (κ1) is 15.7. The average Bonchev–Trinajstić information content (AvgIpc) is 2.69. The molecule has 6 nitrogen and oxygen atoms in total. The molecule has 2 aliphatic rings. The Labute approximate surface area is 123 Å². The highest BCUT2D eigenvalue weighted by molar-refractivity contribution is 6.09. The van der Waals surface area contributed by atoms with Crippen molar-refractivity contribution in [2.75, 3.05) is 6.61 Å². The van der Waals surface area contributed by atoms with Crippen LogP contribution in [0.2, 0.25) is 0 Å². The van der Waals surface area contributed by atoms with Crippen molar-refractivity contribution in [2.24, 2.45) is 11.8 Å². The summed E-state index contributed by atoms with van der Waals surface area (Å²) in [5.41, 5.74) is -1.10. The molecule has 0 radical (unpaired) electrons. The Morgan fingerprint density at radius 3 is 2.52 bits per heavy atom. The molecular formula is C14H21FN2O4. The first-order valence-electron chi connectivity index (χ1n) is 7.32. The van der Waals surface area contributed by atoms with Crippen LogP contribution in [0.25, 0.3) is 0 Å². The number of hydrogen-bond acceptors (Lipinski definition) is 4. The minimum Gasteiger partial charge on any atom is -0.462 e. The van der Waals surface area contributed by atoms with Gasteiger partial charge in [0.25, 0.3) is 12.2 Å². The lowest BCUT2D eigenvalue weighted by molar-refractivity contribution is -0.160. The molecule has 0 bridgehead atoms. The molecule has 1 N–H and O–H groups in total. The molecule has 1 saturated heterocycles. The van der Waals surface area contributed by atoms with E-state index in [1.54, 1.807) is 0 Å². The molecule has 1 spiro atoms. The summed E-state index contributed by atoms with van der Waals surface area (Å²) in [6.45, 7) is 5.26. The van der Waals surface area contributed by atoms with Gasteiger partial charge in [-0.1, -0.05) is 20.3 Å². The predicted molar refractivity (Wildman–Crippen MR) is 71.8 cm³/mol. The molecule has 118 valence electrons. The van der Waals surface area contributed by atoms with E-state index in [2.05, 4.69) is 10.1 Å². The van der Waals surface area contributed by atoms with E-state index < -0.39 is 29.7 Å². The number of alkyl halides is 1. The minimum absolute atomic E-state index is 0.0130. The van der Waals surface area contributed by atoms with E-state index in [0.717, 1.165) is 19.3 Å². The number of nitrogens with zero attached hydrogens (tertiary/aromatic N) is 1. The zero-order valence-electron chi connectivity index (χ0n) is 12.5. The topological polar surface area (TPSA) is 75.7 Å². The second-order valence-electron chi connectivity index (χ2n) is 5.80. The van der Waals surface area contributed by atoms with Crippen molar-refractivity contribution in [3.8, 4) is 0 Å². The molecule has 3 atom stereocenters. The van der Waals surface area contributed by atoms with E-state index in [9.17, 15) is 18.8 Å². The van der Waals surface area contributed by atoms with Gasteiger partial charge >= 0.3 is 12.0 Å². The molecule has 1 aliphatic carbocycles. The van der Waals surface area contributed by atoms with Crippen LogP contribution in [0.4, 0.5) is 9.18 Å². The van der Waals surface area contributed by atoms with Crippen LogP contribution >= 0.6 is 0 Å². The van der Waals surface area contributed by atoms with Crippen LogP contribution in [0.3, 0.4) is 0 Å². The summed E-state index contributed by atoms with van der Waals surface area (Å²) in [6.07, 6.45) is 0.129. The van der Waals surface area contributed by atoms with Gasteiger partial charge in [0.1, 0.15) is 5.54 Å². The molecule has 7 heteroatoms. The van der Waals surface area contributed by atoms with E-state index in [-0.39, 0.29) is 18.4 Å². The first-order valence-corrected chi connectivity index (χ1v) is 7.32. The van der Waals surface area contributed by atoms with E-state index in [1.165, 1.54) is 6.92 Å². The molecule has 3 amide bonds. The summed E-state index contributed by atoms with van der Waals surface area (Å²) in [6, 6.07) is -0.860. The maximum Gasteiger partial charge on any atom is 0.362 e. The van der Waals surface area contributed by atoms with Gasteiger partial charge in [-0.15, -0.1) is 0 Å². The number of nitrogens with one attached hydrogen (secondary N) is 1. The number of urea groups is 1. The molecular weight excluding hydrogens is 279 g/mol. The Balaban J connectivity index is 2.29. The minimum atomic E-state index is -2.39. The Hall–Kier alpha value is -1.66. The van der Waals surface area contributed by atoms with Crippen molar-refractivity contribution in [2.45, 2.75) is 51.9 Å². The number of imide groups is 1. The Morgan fingerprint density at radius 2 is 2.00 bits per heavy atom. The van der Waals surface area contributed by atoms with Gasteiger partial charge in [-0.25, -0.2) is 18.9 Å². The lowest BCUT2D eigenvalue weighted by atomic mass is 9.67. The molecule has 0 aromatic rings. The van der Waals surface area contributed by atoms with Gasteiger partial charge in [-0.3, -0.25) is 4.79 Å². The maximum absolute atomic E-state index is 14.2. The van der Waals surface area contributed by atoms with Crippen LogP contribution in [-0.4, -0.2) is 41.2 Å². The van der Waals surface area contributed by atoms with Crippen molar-refractivity contribution in [3.05, 3.63) is 0 Å². The SMILES string of the molecule is CCOC(=O)C(F)N1C(=O)NC2(C1=O)C(C)CCCC2C. The van der Waals surface area contributed by atoms with Crippen LogP contribution in [-0.2, 0) is 14.3 Å². The lowest BCUT2D eigenvalue weighted by Crippen LogP contribution is -2.59. The molecule has 1 saturated carbocycles. The fourth-order valence-electron chi connectivity index (χ4n) is 3.44. The summed E-state index contributed by atoms with van der Waals surface area (Å²) in [7, 11) is 0. The molecule has 0 aromatic carbocycles. The zero-order valence-corrected chi connectivity index (χ0v) is 12.5. The number of ether oxygens (including phenoxy) is 1. The summed E-state index contributed by atoms with van der Waals surface area (Å²) < 4.78 is 18.7. The predicted octanol–water partition coefficient (Wildman–Crippen LogP) is 1.59. The summed E-state index contributed by atoms with van der Waals surface area (Å²) in [5, 5.41) is 2.64. The van der Waals surface area contributed by atoms with Gasteiger partial charge in [0.05, 0.1) is 6.61 Å². The van der Waals surface area contributed by atoms with E-state index in [1.807, 2.05) is 13.8 Å². The third kappa shape index (κ3) is 2.28. The summed E-state index contributed by atoms with van der Waals surface area (Å²) in [5.74, 6) is -2.07. The zero-order chi connectivity index (χ0) is 15.8. The van der Waals surface area contributed by atoms with Crippen molar-refractivity contribution in [3.63, 3.8) is 0 Å². The smallest absolute Gasteiger partial charge is 0.362 e. The van der Waals surface area contributed by atoms with Gasteiger partial charge in [-0.05, 0) is 31.6 Å². The highest BCUT2D eigenvalue weighted by Crippen LogP contribution is 2.42. The van der Waals surface area contributed by atoms with Gasteiger partial charge < -0.3 is 10.1 Å². The highest BCUT2D eigenvalue weighted by Gasteiger charge is 2.60. The number of halogens is 1. The van der Waals surface area contributed by atoms with Gasteiger partial charge in [0, 0.05) is 0 Å². The van der Waals surface area contributed by atoms with Crippen LogP contribution in [0.1, 0.15) is 40.0 Å². The van der Waals surface area contributed by atoms with Gasteiger partial charge in [0.2, 0.25) is 0 Å². The molecule has 1 aliphatic heterocycles. The Morgan fingerprint density at radius 1 is 1.43 bits per heavy atom. The maximum atomic E-state index is 14.2. The van der Waals surface area contributed by atoms with Gasteiger partial charge in [-0.2, -0.15) is 0 Å². The molecule has 1 heterocycles. The van der Waals surface area contributed by atoms with E-state index >= 15 is 0 Å². The number of hydrogen-bond donors (Lipinski definition) is 1. The number of carbonyl (C=O) groups is 3. The van der Waals surface area contributed by atoms with Crippen molar-refractivity contribution in [1.82, 2.24) is 10.2 Å². The number of rotatable bonds is 3. The summed E-state index contributed by atoms with van der Waals surface area (Å²) in [4.78, 5) is 36.6. The van der Waals surface area contributed by atoms with Crippen LogP contribution in [0, 0.1) is 11.8 Å². The highest BCUT2D eigenvalue weighted by atomic mass is 19.1. The fraction of sp³-hybridized carbons (Fsp3) is 0.786. The Kier molecular flexibility index (Phi) is 4.20. The molecule has 21 heavy (non-hydrogen) atoms. The van der Waals surface area contributed by atoms with Gasteiger partial charge in [0.15, 0.2) is 0 Å². The quantitative estimate of drug-likeness (QED) is 0.488. The van der Waals surface area contributed by atoms with E-state index in [0.29, 0.717) is 4.90 Å². The number of esters is 1. The fourth-order valence-corrected chi connectivity index (χ4v) is 3.44. The van der Waals surface area contributed by atoms with Crippen molar-refractivity contribution >= 4 is 17.9 Å². The van der Waals surface area contributed by atoms with Crippen LogP contribution in [0.5, 0.6) is 0 Å².